The van der Waals surface area contributed by atoms with Crippen molar-refractivity contribution in [2.75, 3.05) is 13.1 Å². The molecule has 0 radical (unpaired) electrons. The van der Waals surface area contributed by atoms with Crippen LogP contribution in [0, 0.1) is 0 Å². The van der Waals surface area contributed by atoms with Crippen LogP contribution in [0.5, 0.6) is 0 Å². The van der Waals surface area contributed by atoms with Gasteiger partial charge in [-0.25, -0.2) is 4.98 Å². The first-order valence-electron chi connectivity index (χ1n) is 6.39. The maximum Gasteiger partial charge on any atom is 0.251 e. The van der Waals surface area contributed by atoms with E-state index in [0.29, 0.717) is 16.2 Å². The molecule has 1 aromatic rings. The van der Waals surface area contributed by atoms with E-state index in [2.05, 4.69) is 31.1 Å². The summed E-state index contributed by atoms with van der Waals surface area (Å²) >= 11 is 3.28. The molecule has 0 bridgehead atoms. The summed E-state index contributed by atoms with van der Waals surface area (Å²) in [6, 6.07) is 4.59. The number of nitrogens with one attached hydrogen (secondary N) is 1. The average molecular weight is 310 g/mol. The van der Waals surface area contributed by atoms with E-state index in [1.807, 2.05) is 0 Å². The van der Waals surface area contributed by atoms with Crippen molar-refractivity contribution in [3.63, 3.8) is 0 Å². The van der Waals surface area contributed by atoms with Gasteiger partial charge in [0.05, 0.1) is 0 Å². The van der Waals surface area contributed by atoms with Gasteiger partial charge in [0.15, 0.2) is 0 Å². The highest BCUT2D eigenvalue weighted by Gasteiger charge is 2.34. The molecule has 1 aromatic heterocycles. The zero-order valence-corrected chi connectivity index (χ0v) is 11.7. The van der Waals surface area contributed by atoms with Crippen molar-refractivity contribution >= 4 is 21.8 Å². The van der Waals surface area contributed by atoms with E-state index in [1.54, 1.807) is 18.3 Å². The fourth-order valence-electron chi connectivity index (χ4n) is 2.49. The minimum Gasteiger partial charge on any atom is -0.348 e. The quantitative estimate of drug-likeness (QED) is 0.866. The average Bonchev–Trinajstić information content (AvgIpc) is 3.11. The Hall–Kier alpha value is -0.940. The molecule has 18 heavy (non-hydrogen) atoms. The van der Waals surface area contributed by atoms with Crippen molar-refractivity contribution < 1.29 is 4.79 Å². The number of hydrogen-bond donors (Lipinski definition) is 1. The zero-order valence-electron chi connectivity index (χ0n) is 10.1. The lowest BCUT2D eigenvalue weighted by Gasteiger charge is -2.15. The van der Waals surface area contributed by atoms with Crippen LogP contribution < -0.4 is 5.32 Å². The normalized spacial score (nSPS) is 24.2. The van der Waals surface area contributed by atoms with E-state index in [9.17, 15) is 4.79 Å². The third-order valence-electron chi connectivity index (χ3n) is 3.61. The number of hydrogen-bond acceptors (Lipinski definition) is 3. The number of carbonyl (C=O) groups is 1. The number of nitrogens with zero attached hydrogens (tertiary/aromatic N) is 2. The molecule has 1 saturated heterocycles. The van der Waals surface area contributed by atoms with Gasteiger partial charge in [-0.2, -0.15) is 0 Å². The minimum absolute atomic E-state index is 0.000692. The molecule has 1 unspecified atom stereocenters. The standard InChI is InChI=1S/C13H16BrN3O/c14-12-7-9(3-5-15-12)13(18)16-10-4-6-17(8-10)11-1-2-11/h3,5,7,10-11H,1-2,4,6,8H2,(H,16,18). The van der Waals surface area contributed by atoms with Gasteiger partial charge in [0.25, 0.3) is 5.91 Å². The molecule has 4 nitrogen and oxygen atoms in total. The second kappa shape index (κ2) is 4.97. The fourth-order valence-corrected chi connectivity index (χ4v) is 2.85. The van der Waals surface area contributed by atoms with Gasteiger partial charge in [0, 0.05) is 36.9 Å². The Bertz CT molecular complexity index is 461. The number of pyridine rings is 1. The Balaban J connectivity index is 1.58. The highest BCUT2D eigenvalue weighted by atomic mass is 79.9. The molecule has 0 spiro atoms. The molecule has 3 rings (SSSR count). The first-order valence-corrected chi connectivity index (χ1v) is 7.18. The third kappa shape index (κ3) is 2.72. The second-order valence-electron chi connectivity index (χ2n) is 5.05. The first-order chi connectivity index (χ1) is 8.72. The van der Waals surface area contributed by atoms with Gasteiger partial charge < -0.3 is 5.32 Å². The molecule has 1 aliphatic carbocycles. The Kier molecular flexibility index (Phi) is 3.35. The number of rotatable bonds is 3. The predicted octanol–water partition coefficient (Wildman–Crippen LogP) is 1.81. The maximum atomic E-state index is 12.1. The summed E-state index contributed by atoms with van der Waals surface area (Å²) in [5.41, 5.74) is 0.668. The summed E-state index contributed by atoms with van der Waals surface area (Å²) in [5.74, 6) is 0.000692. The van der Waals surface area contributed by atoms with E-state index in [-0.39, 0.29) is 5.91 Å². The summed E-state index contributed by atoms with van der Waals surface area (Å²) < 4.78 is 0.696. The molecule has 2 fully saturated rings. The van der Waals surface area contributed by atoms with Crippen LogP contribution in [0.1, 0.15) is 29.6 Å². The molecular formula is C13H16BrN3O. The van der Waals surface area contributed by atoms with Crippen LogP contribution in [0.25, 0.3) is 0 Å². The van der Waals surface area contributed by atoms with Crippen LogP contribution in [-0.2, 0) is 0 Å². The Morgan fingerprint density at radius 3 is 3.00 bits per heavy atom. The van der Waals surface area contributed by atoms with Gasteiger partial charge in [0.2, 0.25) is 0 Å². The van der Waals surface area contributed by atoms with Crippen molar-refractivity contribution in [1.29, 1.82) is 0 Å². The number of aromatic nitrogens is 1. The SMILES string of the molecule is O=C(NC1CCN(C2CC2)C1)c1ccnc(Br)c1. The highest BCUT2D eigenvalue weighted by molar-refractivity contribution is 9.10. The molecule has 1 amide bonds. The Labute approximate surface area is 115 Å². The van der Waals surface area contributed by atoms with Crippen LogP contribution in [0.15, 0.2) is 22.9 Å². The molecule has 1 N–H and O–H groups in total. The van der Waals surface area contributed by atoms with Crippen molar-refractivity contribution in [3.8, 4) is 0 Å². The topological polar surface area (TPSA) is 45.2 Å². The molecular weight excluding hydrogens is 294 g/mol. The van der Waals surface area contributed by atoms with Crippen LogP contribution in [0.2, 0.25) is 0 Å². The summed E-state index contributed by atoms with van der Waals surface area (Å²) in [6.45, 7) is 2.12. The van der Waals surface area contributed by atoms with E-state index in [1.165, 1.54) is 12.8 Å². The fraction of sp³-hybridized carbons (Fsp3) is 0.538. The molecule has 2 aliphatic rings. The van der Waals surface area contributed by atoms with Gasteiger partial charge in [-0.1, -0.05) is 0 Å². The van der Waals surface area contributed by atoms with Gasteiger partial charge in [-0.05, 0) is 47.3 Å². The van der Waals surface area contributed by atoms with E-state index >= 15 is 0 Å². The van der Waals surface area contributed by atoms with Crippen LogP contribution in [0.3, 0.4) is 0 Å². The summed E-state index contributed by atoms with van der Waals surface area (Å²) in [4.78, 5) is 18.6. The Morgan fingerprint density at radius 2 is 2.28 bits per heavy atom. The van der Waals surface area contributed by atoms with Crippen molar-refractivity contribution in [1.82, 2.24) is 15.2 Å². The number of likely N-dealkylation sites (tertiary alicyclic amines) is 1. The van der Waals surface area contributed by atoms with E-state index < -0.39 is 0 Å². The van der Waals surface area contributed by atoms with Gasteiger partial charge >= 0.3 is 0 Å². The zero-order chi connectivity index (χ0) is 12.5. The van der Waals surface area contributed by atoms with Crippen LogP contribution in [-0.4, -0.2) is 41.0 Å². The minimum atomic E-state index is 0.000692. The summed E-state index contributed by atoms with van der Waals surface area (Å²) in [7, 11) is 0. The lowest BCUT2D eigenvalue weighted by Crippen LogP contribution is -2.37. The predicted molar refractivity (Wildman–Crippen MR) is 72.4 cm³/mol. The van der Waals surface area contributed by atoms with Crippen LogP contribution in [0.4, 0.5) is 0 Å². The number of halogens is 1. The molecule has 2 heterocycles. The third-order valence-corrected chi connectivity index (χ3v) is 4.04. The maximum absolute atomic E-state index is 12.1. The summed E-state index contributed by atoms with van der Waals surface area (Å²) in [5, 5.41) is 3.11. The largest absolute Gasteiger partial charge is 0.348 e. The second-order valence-corrected chi connectivity index (χ2v) is 5.86. The molecule has 5 heteroatoms. The monoisotopic (exact) mass is 309 g/mol. The molecule has 1 aliphatic heterocycles. The van der Waals surface area contributed by atoms with Crippen molar-refractivity contribution in [2.24, 2.45) is 0 Å². The van der Waals surface area contributed by atoms with Crippen molar-refractivity contribution in [2.45, 2.75) is 31.3 Å². The lowest BCUT2D eigenvalue weighted by molar-refractivity contribution is 0.0937. The van der Waals surface area contributed by atoms with Crippen LogP contribution >= 0.6 is 15.9 Å². The number of carbonyl (C=O) groups excluding carboxylic acids is 1. The highest BCUT2D eigenvalue weighted by Crippen LogP contribution is 2.29. The molecule has 1 saturated carbocycles. The number of amides is 1. The lowest BCUT2D eigenvalue weighted by atomic mass is 10.2. The van der Waals surface area contributed by atoms with Gasteiger partial charge in [-0.3, -0.25) is 9.69 Å². The van der Waals surface area contributed by atoms with Gasteiger partial charge in [-0.15, -0.1) is 0 Å². The smallest absolute Gasteiger partial charge is 0.251 e. The molecule has 96 valence electrons. The molecule has 0 aromatic carbocycles. The van der Waals surface area contributed by atoms with E-state index in [4.69, 9.17) is 0 Å². The summed E-state index contributed by atoms with van der Waals surface area (Å²) in [6.07, 6.45) is 5.37. The Morgan fingerprint density at radius 1 is 1.44 bits per heavy atom. The molecule has 1 atom stereocenters. The van der Waals surface area contributed by atoms with Crippen molar-refractivity contribution in [3.05, 3.63) is 28.5 Å². The van der Waals surface area contributed by atoms with E-state index in [0.717, 1.165) is 25.6 Å². The van der Waals surface area contributed by atoms with Gasteiger partial charge in [0.1, 0.15) is 4.60 Å². The first kappa shape index (κ1) is 12.1.